The molecule has 0 spiro atoms. The average molecular weight is 444 g/mol. The molecule has 0 radical (unpaired) electrons. The van der Waals surface area contributed by atoms with Gasteiger partial charge in [-0.05, 0) is 42.3 Å². The van der Waals surface area contributed by atoms with Crippen LogP contribution in [0.3, 0.4) is 0 Å². The summed E-state index contributed by atoms with van der Waals surface area (Å²) >= 11 is 7.57. The predicted octanol–water partition coefficient (Wildman–Crippen LogP) is 4.61. The lowest BCUT2D eigenvalue weighted by Crippen LogP contribution is -2.34. The zero-order chi connectivity index (χ0) is 21.3. The van der Waals surface area contributed by atoms with Gasteiger partial charge in [-0.25, -0.2) is 5.43 Å². The smallest absolute Gasteiger partial charge is 0.263 e. The topological polar surface area (TPSA) is 79.8 Å². The van der Waals surface area contributed by atoms with E-state index in [2.05, 4.69) is 22.8 Å². The summed E-state index contributed by atoms with van der Waals surface area (Å²) in [4.78, 5) is 24.7. The molecule has 3 aromatic rings. The molecule has 3 rings (SSSR count). The Morgan fingerprint density at radius 1 is 1.17 bits per heavy atom. The Hall–Kier alpha value is -2.90. The van der Waals surface area contributed by atoms with Crippen LogP contribution in [0.15, 0.2) is 53.6 Å². The third-order valence-corrected chi connectivity index (χ3v) is 5.87. The minimum Gasteiger partial charge on any atom is -0.494 e. The van der Waals surface area contributed by atoms with Crippen LogP contribution in [0, 0.1) is 0 Å². The van der Waals surface area contributed by atoms with Gasteiger partial charge in [0, 0.05) is 10.1 Å². The number of hydrazone groups is 1. The van der Waals surface area contributed by atoms with Crippen LogP contribution < -0.4 is 15.5 Å². The van der Waals surface area contributed by atoms with Gasteiger partial charge in [-0.1, -0.05) is 43.1 Å². The molecule has 8 heteroatoms. The number of benzene rings is 2. The van der Waals surface area contributed by atoms with Crippen molar-refractivity contribution in [3.05, 3.63) is 64.0 Å². The first-order valence-electron chi connectivity index (χ1n) is 9.58. The Kier molecular flexibility index (Phi) is 7.82. The number of ether oxygens (including phenoxy) is 1. The van der Waals surface area contributed by atoms with Crippen molar-refractivity contribution in [2.75, 3.05) is 13.2 Å². The highest BCUT2D eigenvalue weighted by atomic mass is 35.5. The molecule has 2 N–H and O–H groups in total. The molecular weight excluding hydrogens is 422 g/mol. The summed E-state index contributed by atoms with van der Waals surface area (Å²) in [6.45, 7) is 2.60. The van der Waals surface area contributed by atoms with E-state index in [1.54, 1.807) is 0 Å². The molecule has 0 saturated carbocycles. The molecule has 30 heavy (non-hydrogen) atoms. The Labute approximate surface area is 183 Å². The number of nitrogens with zero attached hydrogens (tertiary/aromatic N) is 1. The van der Waals surface area contributed by atoms with Gasteiger partial charge in [0.15, 0.2) is 0 Å². The van der Waals surface area contributed by atoms with Crippen molar-refractivity contribution in [2.45, 2.75) is 19.8 Å². The molecule has 156 valence electrons. The number of carbonyl (C=O) groups excluding carboxylic acids is 2. The highest BCUT2D eigenvalue weighted by Gasteiger charge is 2.17. The summed E-state index contributed by atoms with van der Waals surface area (Å²) < 4.78 is 6.52. The summed E-state index contributed by atoms with van der Waals surface area (Å²) in [6.07, 6.45) is 3.63. The van der Waals surface area contributed by atoms with E-state index in [1.165, 1.54) is 17.6 Å². The van der Waals surface area contributed by atoms with Crippen LogP contribution in [-0.2, 0) is 4.79 Å². The van der Waals surface area contributed by atoms with Gasteiger partial charge < -0.3 is 10.1 Å². The fourth-order valence-corrected chi connectivity index (χ4v) is 4.04. The molecule has 1 aromatic heterocycles. The fraction of sp³-hybridized carbons (Fsp3) is 0.227. The van der Waals surface area contributed by atoms with Gasteiger partial charge in [-0.3, -0.25) is 9.59 Å². The first-order valence-corrected chi connectivity index (χ1v) is 10.8. The van der Waals surface area contributed by atoms with Crippen molar-refractivity contribution in [1.82, 2.24) is 10.7 Å². The third kappa shape index (κ3) is 5.81. The van der Waals surface area contributed by atoms with Crippen LogP contribution in [0.5, 0.6) is 5.75 Å². The summed E-state index contributed by atoms with van der Waals surface area (Å²) in [7, 11) is 0. The van der Waals surface area contributed by atoms with Gasteiger partial charge >= 0.3 is 0 Å². The average Bonchev–Trinajstić information content (AvgIpc) is 3.10. The minimum absolute atomic E-state index is 0.203. The number of rotatable bonds is 9. The molecule has 0 fully saturated rings. The molecule has 2 aromatic carbocycles. The second-order valence-corrected chi connectivity index (χ2v) is 7.92. The van der Waals surface area contributed by atoms with E-state index in [4.69, 9.17) is 16.3 Å². The van der Waals surface area contributed by atoms with E-state index in [-0.39, 0.29) is 12.5 Å². The lowest BCUT2D eigenvalue weighted by atomic mass is 10.2. The van der Waals surface area contributed by atoms with Crippen LogP contribution >= 0.6 is 22.9 Å². The fourth-order valence-electron chi connectivity index (χ4n) is 2.60. The summed E-state index contributed by atoms with van der Waals surface area (Å²) in [5.41, 5.74) is 3.21. The van der Waals surface area contributed by atoms with Gasteiger partial charge in [0.1, 0.15) is 10.6 Å². The summed E-state index contributed by atoms with van der Waals surface area (Å²) in [6, 6.07) is 14.9. The van der Waals surface area contributed by atoms with Gasteiger partial charge in [-0.2, -0.15) is 5.10 Å². The van der Waals surface area contributed by atoms with Gasteiger partial charge in [0.25, 0.3) is 11.8 Å². The molecule has 0 aliphatic carbocycles. The minimum atomic E-state index is -0.434. The third-order valence-electron chi connectivity index (χ3n) is 4.20. The van der Waals surface area contributed by atoms with E-state index >= 15 is 0 Å². The molecule has 0 bridgehead atoms. The number of halogens is 1. The first kappa shape index (κ1) is 21.8. The van der Waals surface area contributed by atoms with Crippen molar-refractivity contribution in [1.29, 1.82) is 0 Å². The number of thiophene rings is 1. The van der Waals surface area contributed by atoms with Crippen molar-refractivity contribution in [3.8, 4) is 5.75 Å². The number of hydrogen-bond donors (Lipinski definition) is 2. The summed E-state index contributed by atoms with van der Waals surface area (Å²) in [5, 5.41) is 7.70. The van der Waals surface area contributed by atoms with Gasteiger partial charge in [-0.15, -0.1) is 11.3 Å². The molecule has 1 heterocycles. The maximum atomic E-state index is 12.3. The first-order chi connectivity index (χ1) is 14.6. The van der Waals surface area contributed by atoms with Crippen LogP contribution in [0.1, 0.15) is 35.0 Å². The van der Waals surface area contributed by atoms with Crippen molar-refractivity contribution in [2.24, 2.45) is 5.10 Å². The maximum absolute atomic E-state index is 12.3. The van der Waals surface area contributed by atoms with E-state index < -0.39 is 5.91 Å². The van der Waals surface area contributed by atoms with Gasteiger partial charge in [0.05, 0.1) is 24.4 Å². The molecule has 0 aliphatic rings. The molecule has 6 nitrogen and oxygen atoms in total. The highest BCUT2D eigenvalue weighted by molar-refractivity contribution is 7.21. The molecule has 0 atom stereocenters. The molecule has 0 aliphatic heterocycles. The zero-order valence-corrected chi connectivity index (χ0v) is 18.1. The molecular formula is C22H22ClN3O3S. The summed E-state index contributed by atoms with van der Waals surface area (Å²) in [5.74, 6) is -0.0254. The Bertz CT molecular complexity index is 1050. The van der Waals surface area contributed by atoms with E-state index in [9.17, 15) is 9.59 Å². The second-order valence-electron chi connectivity index (χ2n) is 6.49. The quantitative estimate of drug-likeness (QED) is 0.288. The SMILES string of the molecule is CCCCOc1ccc(C=NNC(=O)CNC(=O)c2sc3ccccc3c2Cl)cc1. The molecule has 0 saturated heterocycles. The van der Waals surface area contributed by atoms with E-state index in [0.717, 1.165) is 34.2 Å². The van der Waals surface area contributed by atoms with Crippen molar-refractivity contribution < 1.29 is 14.3 Å². The molecule has 2 amide bonds. The Morgan fingerprint density at radius 3 is 2.67 bits per heavy atom. The van der Waals surface area contributed by atoms with Gasteiger partial charge in [0.2, 0.25) is 0 Å². The second kappa shape index (κ2) is 10.8. The number of nitrogens with one attached hydrogen (secondary N) is 2. The largest absolute Gasteiger partial charge is 0.494 e. The van der Waals surface area contributed by atoms with Crippen LogP contribution in [0.4, 0.5) is 0 Å². The lowest BCUT2D eigenvalue weighted by Gasteiger charge is -2.05. The Balaban J connectivity index is 1.46. The number of unbranched alkanes of at least 4 members (excludes halogenated alkanes) is 1. The lowest BCUT2D eigenvalue weighted by molar-refractivity contribution is -0.120. The van der Waals surface area contributed by atoms with Crippen LogP contribution in [0.25, 0.3) is 10.1 Å². The maximum Gasteiger partial charge on any atom is 0.263 e. The van der Waals surface area contributed by atoms with E-state index in [0.29, 0.717) is 16.5 Å². The number of amides is 2. The van der Waals surface area contributed by atoms with Crippen molar-refractivity contribution in [3.63, 3.8) is 0 Å². The number of fused-ring (bicyclic) bond motifs is 1. The standard InChI is InChI=1S/C22H22ClN3O3S/c1-2-3-12-29-16-10-8-15(9-11-16)13-25-26-19(27)14-24-22(28)21-20(23)17-6-4-5-7-18(17)30-21/h4-11,13H,2-3,12,14H2,1H3,(H,24,28)(H,26,27). The highest BCUT2D eigenvalue weighted by Crippen LogP contribution is 2.34. The molecule has 0 unspecified atom stereocenters. The monoisotopic (exact) mass is 443 g/mol. The normalized spacial score (nSPS) is 11.0. The van der Waals surface area contributed by atoms with Crippen LogP contribution in [0.2, 0.25) is 5.02 Å². The Morgan fingerprint density at radius 2 is 1.93 bits per heavy atom. The zero-order valence-electron chi connectivity index (χ0n) is 16.5. The predicted molar refractivity (Wildman–Crippen MR) is 122 cm³/mol. The van der Waals surface area contributed by atoms with E-state index in [1.807, 2.05) is 48.5 Å². The number of hydrogen-bond acceptors (Lipinski definition) is 5. The van der Waals surface area contributed by atoms with Crippen LogP contribution in [-0.4, -0.2) is 31.2 Å². The van der Waals surface area contributed by atoms with Crippen molar-refractivity contribution >= 4 is 51.1 Å². The number of carbonyl (C=O) groups is 2.